The van der Waals surface area contributed by atoms with Gasteiger partial charge in [-0.1, -0.05) is 24.3 Å². The zero-order valence-corrected chi connectivity index (χ0v) is 18.5. The van der Waals surface area contributed by atoms with Gasteiger partial charge in [-0.25, -0.2) is 13.6 Å². The van der Waals surface area contributed by atoms with Crippen LogP contribution in [0.1, 0.15) is 22.9 Å². The van der Waals surface area contributed by atoms with Crippen LogP contribution >= 0.6 is 11.3 Å². The summed E-state index contributed by atoms with van der Waals surface area (Å²) in [5, 5.41) is 10.6. The lowest BCUT2D eigenvalue weighted by molar-refractivity contribution is 0.271. The first-order valence-corrected chi connectivity index (χ1v) is 12.1. The standard InChI is InChI=1S/C22H26N2O4S2/c1-2-27-22-14-18(7-10-21(22)28-16-19-4-3-13-29-19)15-24-12-11-17-5-8-20(9-6-17)30(23,25)26/h3-10,13-14,24H,2,11-12,15-16H2,1H3,(H2,23,25,26). The minimum atomic E-state index is -3.65. The van der Waals surface area contributed by atoms with Crippen molar-refractivity contribution < 1.29 is 17.9 Å². The molecule has 0 spiro atoms. The number of hydrogen-bond acceptors (Lipinski definition) is 6. The Balaban J connectivity index is 1.51. The predicted molar refractivity (Wildman–Crippen MR) is 119 cm³/mol. The fraction of sp³-hybridized carbons (Fsp3) is 0.273. The van der Waals surface area contributed by atoms with E-state index in [1.807, 2.05) is 42.6 Å². The first-order valence-electron chi connectivity index (χ1n) is 9.69. The number of ether oxygens (including phenoxy) is 2. The molecule has 3 N–H and O–H groups in total. The van der Waals surface area contributed by atoms with E-state index in [0.29, 0.717) is 19.8 Å². The molecule has 6 nitrogen and oxygen atoms in total. The summed E-state index contributed by atoms with van der Waals surface area (Å²) in [7, 11) is -3.65. The largest absolute Gasteiger partial charge is 0.490 e. The molecule has 0 amide bonds. The molecule has 3 rings (SSSR count). The van der Waals surface area contributed by atoms with Gasteiger partial charge in [-0.05, 0) is 66.7 Å². The van der Waals surface area contributed by atoms with Crippen LogP contribution in [0.5, 0.6) is 11.5 Å². The maximum atomic E-state index is 11.3. The topological polar surface area (TPSA) is 90.6 Å². The lowest BCUT2D eigenvalue weighted by atomic mass is 10.1. The summed E-state index contributed by atoms with van der Waals surface area (Å²) >= 11 is 1.67. The average Bonchev–Trinajstić information content (AvgIpc) is 3.24. The summed E-state index contributed by atoms with van der Waals surface area (Å²) < 4.78 is 34.3. The van der Waals surface area contributed by atoms with Crippen LogP contribution in [-0.2, 0) is 29.6 Å². The van der Waals surface area contributed by atoms with Gasteiger partial charge < -0.3 is 14.8 Å². The van der Waals surface area contributed by atoms with E-state index in [2.05, 4.69) is 5.32 Å². The maximum Gasteiger partial charge on any atom is 0.238 e. The van der Waals surface area contributed by atoms with Gasteiger partial charge >= 0.3 is 0 Å². The minimum Gasteiger partial charge on any atom is -0.490 e. The number of nitrogens with one attached hydrogen (secondary N) is 1. The normalized spacial score (nSPS) is 11.4. The third-order valence-electron chi connectivity index (χ3n) is 4.43. The molecule has 160 valence electrons. The van der Waals surface area contributed by atoms with Crippen molar-refractivity contribution >= 4 is 21.4 Å². The van der Waals surface area contributed by atoms with Gasteiger partial charge in [0.1, 0.15) is 6.61 Å². The van der Waals surface area contributed by atoms with E-state index in [1.165, 1.54) is 17.0 Å². The Bertz CT molecular complexity index is 1030. The summed E-state index contributed by atoms with van der Waals surface area (Å²) in [4.78, 5) is 1.30. The van der Waals surface area contributed by atoms with Crippen LogP contribution < -0.4 is 19.9 Å². The Labute approximate surface area is 181 Å². The number of primary sulfonamides is 1. The second kappa shape index (κ2) is 10.6. The third kappa shape index (κ3) is 6.56. The summed E-state index contributed by atoms with van der Waals surface area (Å²) in [6.07, 6.45) is 0.783. The Kier molecular flexibility index (Phi) is 7.87. The zero-order valence-electron chi connectivity index (χ0n) is 16.8. The van der Waals surface area contributed by atoms with Crippen molar-refractivity contribution in [2.24, 2.45) is 5.14 Å². The molecule has 0 aliphatic carbocycles. The molecule has 8 heteroatoms. The van der Waals surface area contributed by atoms with E-state index in [4.69, 9.17) is 14.6 Å². The van der Waals surface area contributed by atoms with Gasteiger partial charge in [0.05, 0.1) is 11.5 Å². The van der Waals surface area contributed by atoms with Crippen LogP contribution in [0, 0.1) is 0 Å². The van der Waals surface area contributed by atoms with Gasteiger partial charge in [0.15, 0.2) is 11.5 Å². The van der Waals surface area contributed by atoms with E-state index in [0.717, 1.165) is 35.6 Å². The Morgan fingerprint density at radius 3 is 2.43 bits per heavy atom. The molecular formula is C22H26N2O4S2. The van der Waals surface area contributed by atoms with Crippen molar-refractivity contribution in [1.82, 2.24) is 5.32 Å². The second-order valence-electron chi connectivity index (χ2n) is 6.70. The van der Waals surface area contributed by atoms with E-state index < -0.39 is 10.0 Å². The molecule has 0 aliphatic heterocycles. The SMILES string of the molecule is CCOc1cc(CNCCc2ccc(S(N)(=O)=O)cc2)ccc1OCc1cccs1. The Morgan fingerprint density at radius 2 is 1.77 bits per heavy atom. The van der Waals surface area contributed by atoms with E-state index in [-0.39, 0.29) is 4.90 Å². The number of benzene rings is 2. The van der Waals surface area contributed by atoms with Gasteiger partial charge in [0.2, 0.25) is 10.0 Å². The van der Waals surface area contributed by atoms with E-state index in [9.17, 15) is 8.42 Å². The smallest absolute Gasteiger partial charge is 0.238 e. The fourth-order valence-electron chi connectivity index (χ4n) is 2.90. The molecule has 2 aromatic carbocycles. The highest BCUT2D eigenvalue weighted by Crippen LogP contribution is 2.29. The molecule has 0 fully saturated rings. The van der Waals surface area contributed by atoms with Crippen LogP contribution in [0.4, 0.5) is 0 Å². The molecule has 1 heterocycles. The van der Waals surface area contributed by atoms with Crippen molar-refractivity contribution in [2.75, 3.05) is 13.2 Å². The Morgan fingerprint density at radius 1 is 1.00 bits per heavy atom. The van der Waals surface area contributed by atoms with Crippen molar-refractivity contribution in [3.05, 3.63) is 76.0 Å². The first-order chi connectivity index (χ1) is 14.5. The highest BCUT2D eigenvalue weighted by molar-refractivity contribution is 7.89. The second-order valence-corrected chi connectivity index (χ2v) is 9.29. The summed E-state index contributed by atoms with van der Waals surface area (Å²) in [5.41, 5.74) is 2.15. The van der Waals surface area contributed by atoms with Gasteiger partial charge in [-0.3, -0.25) is 0 Å². The molecular weight excluding hydrogens is 420 g/mol. The van der Waals surface area contributed by atoms with E-state index in [1.54, 1.807) is 23.5 Å². The molecule has 0 unspecified atom stereocenters. The predicted octanol–water partition coefficient (Wildman–Crippen LogP) is 3.71. The lowest BCUT2D eigenvalue weighted by Gasteiger charge is -2.13. The molecule has 0 atom stereocenters. The van der Waals surface area contributed by atoms with Gasteiger partial charge in [0, 0.05) is 11.4 Å². The summed E-state index contributed by atoms with van der Waals surface area (Å²) in [5.74, 6) is 1.48. The Hall–Kier alpha value is -2.39. The summed E-state index contributed by atoms with van der Waals surface area (Å²) in [6, 6.07) is 16.7. The number of rotatable bonds is 11. The van der Waals surface area contributed by atoms with Crippen molar-refractivity contribution in [1.29, 1.82) is 0 Å². The van der Waals surface area contributed by atoms with Crippen LogP contribution in [0.25, 0.3) is 0 Å². The first kappa shape index (κ1) is 22.3. The van der Waals surface area contributed by atoms with E-state index >= 15 is 0 Å². The molecule has 0 bridgehead atoms. The van der Waals surface area contributed by atoms with Crippen LogP contribution in [-0.4, -0.2) is 21.6 Å². The highest BCUT2D eigenvalue weighted by Gasteiger charge is 2.08. The number of thiophene rings is 1. The quantitative estimate of drug-likeness (QED) is 0.438. The molecule has 30 heavy (non-hydrogen) atoms. The molecule has 0 radical (unpaired) electrons. The van der Waals surface area contributed by atoms with Crippen molar-refractivity contribution in [3.63, 3.8) is 0 Å². The van der Waals surface area contributed by atoms with Crippen LogP contribution in [0.3, 0.4) is 0 Å². The molecule has 0 aliphatic rings. The van der Waals surface area contributed by atoms with Crippen molar-refractivity contribution in [2.45, 2.75) is 31.4 Å². The van der Waals surface area contributed by atoms with Gasteiger partial charge in [-0.2, -0.15) is 0 Å². The number of sulfonamides is 1. The minimum absolute atomic E-state index is 0.129. The lowest BCUT2D eigenvalue weighted by Crippen LogP contribution is -2.17. The molecule has 1 aromatic heterocycles. The van der Waals surface area contributed by atoms with Crippen molar-refractivity contribution in [3.8, 4) is 11.5 Å². The number of nitrogens with two attached hydrogens (primary N) is 1. The summed E-state index contributed by atoms with van der Waals surface area (Å²) in [6.45, 7) is 4.51. The number of hydrogen-bond donors (Lipinski definition) is 2. The monoisotopic (exact) mass is 446 g/mol. The van der Waals surface area contributed by atoms with Gasteiger partial charge in [0.25, 0.3) is 0 Å². The van der Waals surface area contributed by atoms with Crippen LogP contribution in [0.2, 0.25) is 0 Å². The highest BCUT2D eigenvalue weighted by atomic mass is 32.2. The molecule has 3 aromatic rings. The molecule has 0 saturated heterocycles. The van der Waals surface area contributed by atoms with Gasteiger partial charge in [-0.15, -0.1) is 11.3 Å². The average molecular weight is 447 g/mol. The van der Waals surface area contributed by atoms with Crippen LogP contribution in [0.15, 0.2) is 64.9 Å². The third-order valence-corrected chi connectivity index (χ3v) is 6.21. The fourth-order valence-corrected chi connectivity index (χ4v) is 4.04. The maximum absolute atomic E-state index is 11.3. The molecule has 0 saturated carbocycles. The zero-order chi connectivity index (χ0) is 21.4.